The van der Waals surface area contributed by atoms with E-state index in [1.54, 1.807) is 12.1 Å². The van der Waals surface area contributed by atoms with Gasteiger partial charge in [0.25, 0.3) is 5.69 Å². The lowest BCUT2D eigenvalue weighted by molar-refractivity contribution is -0.384. The Kier molecular flexibility index (Phi) is 5.30. The Morgan fingerprint density at radius 3 is 2.83 bits per heavy atom. The van der Waals surface area contributed by atoms with Crippen molar-refractivity contribution in [1.29, 1.82) is 0 Å². The third-order valence-electron chi connectivity index (χ3n) is 2.52. The number of nitro groups is 1. The number of nitrogens with zero attached hydrogens (tertiary/aromatic N) is 2. The summed E-state index contributed by atoms with van der Waals surface area (Å²) < 4.78 is 0. The van der Waals surface area contributed by atoms with Gasteiger partial charge in [-0.05, 0) is 31.7 Å². The fraction of sp³-hybridized carbons (Fsp3) is 0.462. The van der Waals surface area contributed by atoms with E-state index in [0.29, 0.717) is 11.6 Å². The molecule has 0 fully saturated rings. The summed E-state index contributed by atoms with van der Waals surface area (Å²) in [6, 6.07) is 6.32. The maximum Gasteiger partial charge on any atom is 0.271 e. The van der Waals surface area contributed by atoms with Crippen LogP contribution < -0.4 is 5.43 Å². The molecule has 18 heavy (non-hydrogen) atoms. The summed E-state index contributed by atoms with van der Waals surface area (Å²) in [5.41, 5.74) is 4.54. The van der Waals surface area contributed by atoms with Gasteiger partial charge in [0.15, 0.2) is 0 Å². The summed E-state index contributed by atoms with van der Waals surface area (Å²) >= 11 is 0. The Labute approximate surface area is 107 Å². The zero-order valence-electron chi connectivity index (χ0n) is 11.0. The van der Waals surface area contributed by atoms with Crippen LogP contribution in [0.5, 0.6) is 0 Å². The van der Waals surface area contributed by atoms with Crippen LogP contribution >= 0.6 is 0 Å². The monoisotopic (exact) mass is 249 g/mol. The largest absolute Gasteiger partial charge is 0.278 e. The van der Waals surface area contributed by atoms with Crippen LogP contribution in [0.3, 0.4) is 0 Å². The van der Waals surface area contributed by atoms with Gasteiger partial charge in [0, 0.05) is 17.8 Å². The van der Waals surface area contributed by atoms with Crippen LogP contribution in [0.2, 0.25) is 0 Å². The van der Waals surface area contributed by atoms with Crippen LogP contribution in [0.1, 0.15) is 33.6 Å². The second-order valence-electron chi connectivity index (χ2n) is 4.70. The topological polar surface area (TPSA) is 67.5 Å². The summed E-state index contributed by atoms with van der Waals surface area (Å²) in [5.74, 6) is 0.646. The molecule has 1 rings (SSSR count). The fourth-order valence-corrected chi connectivity index (χ4v) is 1.40. The molecule has 0 aliphatic carbocycles. The minimum Gasteiger partial charge on any atom is -0.278 e. The first-order valence-corrected chi connectivity index (χ1v) is 6.02. The average molecular weight is 249 g/mol. The number of rotatable bonds is 6. The van der Waals surface area contributed by atoms with Gasteiger partial charge in [-0.1, -0.05) is 19.9 Å². The van der Waals surface area contributed by atoms with E-state index in [-0.39, 0.29) is 5.69 Å². The van der Waals surface area contributed by atoms with Crippen molar-refractivity contribution in [3.8, 4) is 0 Å². The minimum absolute atomic E-state index is 0.0648. The third kappa shape index (κ3) is 4.95. The number of benzene rings is 1. The molecule has 0 aliphatic rings. The lowest BCUT2D eigenvalue weighted by Crippen LogP contribution is -2.00. The molecule has 0 atom stereocenters. The SMILES string of the molecule is C/C(CCC(C)C)=N/Nc1cccc([N+](=O)[O-])c1. The van der Waals surface area contributed by atoms with E-state index in [9.17, 15) is 10.1 Å². The number of hydrogen-bond donors (Lipinski definition) is 1. The second kappa shape index (κ2) is 6.74. The number of hydrazone groups is 1. The zero-order chi connectivity index (χ0) is 13.5. The molecular weight excluding hydrogens is 230 g/mol. The van der Waals surface area contributed by atoms with Gasteiger partial charge in [-0.25, -0.2) is 0 Å². The Hall–Kier alpha value is -1.91. The molecule has 0 aliphatic heterocycles. The standard InChI is InChI=1S/C13H19N3O2/c1-10(2)7-8-11(3)14-15-12-5-4-6-13(9-12)16(17)18/h4-6,9-10,15H,7-8H2,1-3H3/b14-11-. The Morgan fingerprint density at radius 2 is 2.22 bits per heavy atom. The lowest BCUT2D eigenvalue weighted by atomic mass is 10.1. The van der Waals surface area contributed by atoms with Crippen molar-refractivity contribution in [1.82, 2.24) is 0 Å². The number of nitrogens with one attached hydrogen (secondary N) is 1. The van der Waals surface area contributed by atoms with Crippen molar-refractivity contribution in [3.63, 3.8) is 0 Å². The smallest absolute Gasteiger partial charge is 0.271 e. The molecule has 0 aromatic heterocycles. The maximum absolute atomic E-state index is 10.6. The van der Waals surface area contributed by atoms with E-state index in [1.807, 2.05) is 6.92 Å². The second-order valence-corrected chi connectivity index (χ2v) is 4.70. The summed E-state index contributed by atoms with van der Waals surface area (Å²) in [6.45, 7) is 6.29. The van der Waals surface area contributed by atoms with Gasteiger partial charge < -0.3 is 0 Å². The van der Waals surface area contributed by atoms with Crippen LogP contribution in [0.15, 0.2) is 29.4 Å². The van der Waals surface area contributed by atoms with Crippen molar-refractivity contribution in [2.75, 3.05) is 5.43 Å². The van der Waals surface area contributed by atoms with Crippen LogP contribution in [0, 0.1) is 16.0 Å². The van der Waals surface area contributed by atoms with E-state index in [0.717, 1.165) is 18.6 Å². The highest BCUT2D eigenvalue weighted by Gasteiger charge is 2.04. The lowest BCUT2D eigenvalue weighted by Gasteiger charge is -2.05. The molecule has 0 saturated heterocycles. The average Bonchev–Trinajstić information content (AvgIpc) is 2.34. The van der Waals surface area contributed by atoms with Crippen molar-refractivity contribution in [3.05, 3.63) is 34.4 Å². The van der Waals surface area contributed by atoms with Crippen molar-refractivity contribution >= 4 is 17.1 Å². The van der Waals surface area contributed by atoms with E-state index in [4.69, 9.17) is 0 Å². The van der Waals surface area contributed by atoms with E-state index >= 15 is 0 Å². The molecular formula is C13H19N3O2. The van der Waals surface area contributed by atoms with Crippen molar-refractivity contribution in [2.24, 2.45) is 11.0 Å². The quantitative estimate of drug-likeness (QED) is 0.473. The fourth-order valence-electron chi connectivity index (χ4n) is 1.40. The van der Waals surface area contributed by atoms with Crippen molar-refractivity contribution < 1.29 is 4.92 Å². The predicted octanol–water partition coefficient (Wildman–Crippen LogP) is 3.82. The van der Waals surface area contributed by atoms with Crippen molar-refractivity contribution in [2.45, 2.75) is 33.6 Å². The Balaban J connectivity index is 2.59. The molecule has 1 aromatic rings. The predicted molar refractivity (Wildman–Crippen MR) is 73.9 cm³/mol. The molecule has 5 nitrogen and oxygen atoms in total. The van der Waals surface area contributed by atoms with Gasteiger partial charge in [0.2, 0.25) is 0 Å². The van der Waals surface area contributed by atoms with Gasteiger partial charge in [-0.3, -0.25) is 15.5 Å². The van der Waals surface area contributed by atoms with Gasteiger partial charge in [0.1, 0.15) is 0 Å². The maximum atomic E-state index is 10.6. The molecule has 0 bridgehead atoms. The summed E-state index contributed by atoms with van der Waals surface area (Å²) in [5, 5.41) is 14.8. The van der Waals surface area contributed by atoms with Gasteiger partial charge in [-0.15, -0.1) is 0 Å². The van der Waals surface area contributed by atoms with E-state index in [1.165, 1.54) is 12.1 Å². The molecule has 0 amide bonds. The van der Waals surface area contributed by atoms with Crippen LogP contribution in [0.25, 0.3) is 0 Å². The summed E-state index contributed by atoms with van der Waals surface area (Å²) in [4.78, 5) is 10.2. The van der Waals surface area contributed by atoms with E-state index in [2.05, 4.69) is 24.4 Å². The first-order chi connectivity index (χ1) is 8.49. The molecule has 1 aromatic carbocycles. The molecule has 5 heteroatoms. The van der Waals surface area contributed by atoms with Crippen LogP contribution in [-0.4, -0.2) is 10.6 Å². The molecule has 0 unspecified atom stereocenters. The van der Waals surface area contributed by atoms with Gasteiger partial charge >= 0.3 is 0 Å². The first-order valence-electron chi connectivity index (χ1n) is 6.02. The Bertz CT molecular complexity index is 442. The van der Waals surface area contributed by atoms with E-state index < -0.39 is 4.92 Å². The zero-order valence-corrected chi connectivity index (χ0v) is 11.0. The summed E-state index contributed by atoms with van der Waals surface area (Å²) in [6.07, 6.45) is 2.02. The Morgan fingerprint density at radius 1 is 1.50 bits per heavy atom. The van der Waals surface area contributed by atoms with Crippen LogP contribution in [-0.2, 0) is 0 Å². The highest BCUT2D eigenvalue weighted by molar-refractivity contribution is 5.82. The molecule has 1 N–H and O–H groups in total. The third-order valence-corrected chi connectivity index (χ3v) is 2.52. The number of hydrogen-bond acceptors (Lipinski definition) is 4. The molecule has 0 radical (unpaired) electrons. The highest BCUT2D eigenvalue weighted by Crippen LogP contribution is 2.17. The van der Waals surface area contributed by atoms with Gasteiger partial charge in [-0.2, -0.15) is 5.10 Å². The minimum atomic E-state index is -0.416. The normalized spacial score (nSPS) is 11.7. The molecule has 0 heterocycles. The first kappa shape index (κ1) is 14.2. The molecule has 98 valence electrons. The van der Waals surface area contributed by atoms with Crippen LogP contribution in [0.4, 0.5) is 11.4 Å². The molecule has 0 saturated carbocycles. The number of non-ortho nitro benzene ring substituents is 1. The molecule has 0 spiro atoms. The number of nitro benzene ring substituents is 1. The van der Waals surface area contributed by atoms with Gasteiger partial charge in [0.05, 0.1) is 10.6 Å². The highest BCUT2D eigenvalue weighted by atomic mass is 16.6. The number of anilines is 1. The summed E-state index contributed by atoms with van der Waals surface area (Å²) in [7, 11) is 0.